The summed E-state index contributed by atoms with van der Waals surface area (Å²) in [4.78, 5) is 2.46. The van der Waals surface area contributed by atoms with E-state index in [0.29, 0.717) is 11.8 Å². The summed E-state index contributed by atoms with van der Waals surface area (Å²) in [5.74, 6) is 1.06. The first-order valence-electron chi connectivity index (χ1n) is 8.81. The van der Waals surface area contributed by atoms with Gasteiger partial charge in [0.1, 0.15) is 0 Å². The molecule has 1 aliphatic heterocycles. The summed E-state index contributed by atoms with van der Waals surface area (Å²) in [6, 6.07) is 10.7. The molecule has 1 saturated heterocycles. The molecule has 1 aromatic carbocycles. The summed E-state index contributed by atoms with van der Waals surface area (Å²) in [5.41, 5.74) is 2.57. The Kier molecular flexibility index (Phi) is 4.39. The zero-order valence-corrected chi connectivity index (χ0v) is 13.8. The van der Waals surface area contributed by atoms with Crippen molar-refractivity contribution in [2.75, 3.05) is 13.1 Å². The lowest BCUT2D eigenvalue weighted by Gasteiger charge is -2.32. The fourth-order valence-corrected chi connectivity index (χ4v) is 4.22. The number of fused-ring (bicyclic) bond motifs is 1. The van der Waals surface area contributed by atoms with Crippen LogP contribution in [-0.4, -0.2) is 50.2 Å². The molecule has 0 radical (unpaired) electrons. The molecule has 1 saturated carbocycles. The quantitative estimate of drug-likeness (QED) is 0.893. The number of aliphatic hydroxyl groups is 2. The Balaban J connectivity index is 1.34. The first kappa shape index (κ1) is 15.8. The number of aromatic nitrogens is 2. The van der Waals surface area contributed by atoms with E-state index in [1.807, 2.05) is 16.9 Å². The summed E-state index contributed by atoms with van der Waals surface area (Å²) >= 11 is 0. The highest BCUT2D eigenvalue weighted by molar-refractivity contribution is 5.23. The minimum atomic E-state index is -0.534. The van der Waals surface area contributed by atoms with E-state index < -0.39 is 12.2 Å². The molecule has 2 heterocycles. The van der Waals surface area contributed by atoms with E-state index in [9.17, 15) is 10.2 Å². The van der Waals surface area contributed by atoms with Gasteiger partial charge in [0.05, 0.1) is 18.8 Å². The minimum Gasteiger partial charge on any atom is -0.390 e. The van der Waals surface area contributed by atoms with Gasteiger partial charge in [0, 0.05) is 32.0 Å². The lowest BCUT2D eigenvalue weighted by Crippen LogP contribution is -2.38. The van der Waals surface area contributed by atoms with Gasteiger partial charge in [-0.05, 0) is 41.9 Å². The van der Waals surface area contributed by atoms with Crippen molar-refractivity contribution in [1.82, 2.24) is 14.7 Å². The average Bonchev–Trinajstić information content (AvgIpc) is 3.19. The number of hydrogen-bond acceptors (Lipinski definition) is 4. The summed E-state index contributed by atoms with van der Waals surface area (Å²) in [6.07, 6.45) is 4.19. The molecule has 1 aromatic heterocycles. The lowest BCUT2D eigenvalue weighted by atomic mass is 9.79. The Morgan fingerprint density at radius 3 is 2.04 bits per heavy atom. The molecule has 5 nitrogen and oxygen atoms in total. The van der Waals surface area contributed by atoms with Gasteiger partial charge in [0.25, 0.3) is 0 Å². The van der Waals surface area contributed by atoms with Crippen LogP contribution in [0.3, 0.4) is 0 Å². The second-order valence-corrected chi connectivity index (χ2v) is 7.34. The number of likely N-dealkylation sites (tertiary alicyclic amines) is 1. The summed E-state index contributed by atoms with van der Waals surface area (Å²) < 4.78 is 1.93. The van der Waals surface area contributed by atoms with Crippen LogP contribution in [0.1, 0.15) is 24.0 Å². The van der Waals surface area contributed by atoms with Crippen LogP contribution in [0.15, 0.2) is 42.7 Å². The summed E-state index contributed by atoms with van der Waals surface area (Å²) in [6.45, 7) is 3.81. The molecule has 0 unspecified atom stereocenters. The van der Waals surface area contributed by atoms with E-state index in [-0.39, 0.29) is 0 Å². The van der Waals surface area contributed by atoms with Gasteiger partial charge in [0.15, 0.2) is 0 Å². The standard InChI is InChI=1S/C19H25N3O2/c23-18-8-16-12-21(13-17(16)9-19(18)24)10-14-2-4-15(5-3-14)11-22-7-1-6-20-22/h1-7,16-19,23-24H,8-13H2/t16-,17+,18-,19-/m1/s1. The van der Waals surface area contributed by atoms with E-state index in [4.69, 9.17) is 0 Å². The fraction of sp³-hybridized carbons (Fsp3) is 0.526. The largest absolute Gasteiger partial charge is 0.390 e. The Bertz CT molecular complexity index is 638. The third-order valence-corrected chi connectivity index (χ3v) is 5.52. The fourth-order valence-electron chi connectivity index (χ4n) is 4.22. The van der Waals surface area contributed by atoms with E-state index in [2.05, 4.69) is 34.3 Å². The van der Waals surface area contributed by atoms with Crippen LogP contribution >= 0.6 is 0 Å². The highest BCUT2D eigenvalue weighted by Crippen LogP contribution is 2.37. The van der Waals surface area contributed by atoms with Crippen molar-refractivity contribution in [3.05, 3.63) is 53.9 Å². The summed E-state index contributed by atoms with van der Waals surface area (Å²) in [5, 5.41) is 24.0. The van der Waals surface area contributed by atoms with Crippen LogP contribution in [0.25, 0.3) is 0 Å². The smallest absolute Gasteiger partial charge is 0.0802 e. The highest BCUT2D eigenvalue weighted by Gasteiger charge is 2.40. The Morgan fingerprint density at radius 1 is 0.917 bits per heavy atom. The molecule has 2 aliphatic rings. The lowest BCUT2D eigenvalue weighted by molar-refractivity contribution is -0.0372. The number of benzene rings is 1. The zero-order valence-electron chi connectivity index (χ0n) is 13.8. The molecule has 128 valence electrons. The third-order valence-electron chi connectivity index (χ3n) is 5.52. The van der Waals surface area contributed by atoms with E-state index in [1.165, 1.54) is 11.1 Å². The van der Waals surface area contributed by atoms with Gasteiger partial charge in [-0.2, -0.15) is 5.10 Å². The van der Waals surface area contributed by atoms with Crippen LogP contribution in [0.2, 0.25) is 0 Å². The molecule has 2 N–H and O–H groups in total. The van der Waals surface area contributed by atoms with Crippen molar-refractivity contribution in [3.8, 4) is 0 Å². The van der Waals surface area contributed by atoms with Crippen molar-refractivity contribution >= 4 is 0 Å². The predicted molar refractivity (Wildman–Crippen MR) is 91.3 cm³/mol. The maximum Gasteiger partial charge on any atom is 0.0802 e. The topological polar surface area (TPSA) is 61.5 Å². The predicted octanol–water partition coefficient (Wildman–Crippen LogP) is 1.50. The molecule has 0 spiro atoms. The van der Waals surface area contributed by atoms with E-state index in [1.54, 1.807) is 6.20 Å². The zero-order chi connectivity index (χ0) is 16.5. The third kappa shape index (κ3) is 3.38. The maximum absolute atomic E-state index is 9.86. The van der Waals surface area contributed by atoms with E-state index >= 15 is 0 Å². The van der Waals surface area contributed by atoms with Crippen molar-refractivity contribution in [2.45, 2.75) is 38.1 Å². The van der Waals surface area contributed by atoms with Gasteiger partial charge in [-0.3, -0.25) is 9.58 Å². The van der Waals surface area contributed by atoms with Gasteiger partial charge in [-0.25, -0.2) is 0 Å². The number of rotatable bonds is 4. The van der Waals surface area contributed by atoms with Crippen molar-refractivity contribution in [3.63, 3.8) is 0 Å². The van der Waals surface area contributed by atoms with Crippen LogP contribution in [-0.2, 0) is 13.1 Å². The Morgan fingerprint density at radius 2 is 1.50 bits per heavy atom. The number of aliphatic hydroxyl groups excluding tert-OH is 2. The molecule has 2 fully saturated rings. The van der Waals surface area contributed by atoms with Gasteiger partial charge in [-0.1, -0.05) is 24.3 Å². The van der Waals surface area contributed by atoms with Crippen LogP contribution in [0, 0.1) is 11.8 Å². The van der Waals surface area contributed by atoms with Crippen LogP contribution < -0.4 is 0 Å². The Hall–Kier alpha value is -1.69. The van der Waals surface area contributed by atoms with Crippen LogP contribution in [0.5, 0.6) is 0 Å². The first-order chi connectivity index (χ1) is 11.7. The monoisotopic (exact) mass is 327 g/mol. The molecule has 5 heteroatoms. The van der Waals surface area contributed by atoms with Gasteiger partial charge < -0.3 is 10.2 Å². The van der Waals surface area contributed by atoms with Crippen LogP contribution in [0.4, 0.5) is 0 Å². The molecule has 0 amide bonds. The molecule has 0 bridgehead atoms. The number of nitrogens with zero attached hydrogens (tertiary/aromatic N) is 3. The number of hydrogen-bond donors (Lipinski definition) is 2. The first-order valence-corrected chi connectivity index (χ1v) is 8.81. The molecular weight excluding hydrogens is 302 g/mol. The van der Waals surface area contributed by atoms with Gasteiger partial charge in [0.2, 0.25) is 0 Å². The minimum absolute atomic E-state index is 0.530. The highest BCUT2D eigenvalue weighted by atomic mass is 16.3. The normalized spacial score (nSPS) is 30.4. The molecule has 2 aromatic rings. The molecule has 1 aliphatic carbocycles. The van der Waals surface area contributed by atoms with Crippen molar-refractivity contribution < 1.29 is 10.2 Å². The molecular formula is C19H25N3O2. The molecule has 4 atom stereocenters. The van der Waals surface area contributed by atoms with Gasteiger partial charge >= 0.3 is 0 Å². The second-order valence-electron chi connectivity index (χ2n) is 7.34. The second kappa shape index (κ2) is 6.67. The van der Waals surface area contributed by atoms with Crippen molar-refractivity contribution in [1.29, 1.82) is 0 Å². The maximum atomic E-state index is 9.86. The summed E-state index contributed by atoms with van der Waals surface area (Å²) in [7, 11) is 0. The van der Waals surface area contributed by atoms with Crippen molar-refractivity contribution in [2.24, 2.45) is 11.8 Å². The Labute approximate surface area is 142 Å². The van der Waals surface area contributed by atoms with E-state index in [0.717, 1.165) is 39.0 Å². The van der Waals surface area contributed by atoms with Gasteiger partial charge in [-0.15, -0.1) is 0 Å². The molecule has 4 rings (SSSR count). The SMILES string of the molecule is O[C@@H]1C[C@@H]2CN(Cc3ccc(Cn4cccn4)cc3)C[C@@H]2C[C@H]1O. The average molecular weight is 327 g/mol. The molecule has 24 heavy (non-hydrogen) atoms.